The van der Waals surface area contributed by atoms with Gasteiger partial charge in [0.2, 0.25) is 10.0 Å². The molecule has 0 aliphatic rings. The number of halogens is 2. The molecule has 0 bridgehead atoms. The van der Waals surface area contributed by atoms with Crippen LogP contribution in [0.2, 0.25) is 0 Å². The lowest BCUT2D eigenvalue weighted by atomic mass is 9.87. The Morgan fingerprint density at radius 3 is 1.62 bits per heavy atom. The largest absolute Gasteiger partial charge is 0.355 e. The molecule has 0 saturated heterocycles. The SMILES string of the molecule is Cc1noc(-c2csc(C(=O)Nc3ccc(C(C)(C)C)cc3)c2S(N)(=O)=O)c1Br.Cc1noc(NS(=O)(=O)c2ccsc2C(=O)Nc2ccc(C(C)(C)C)cc2)c1Br. The molecule has 0 radical (unpaired) electrons. The van der Waals surface area contributed by atoms with Crippen LogP contribution in [0.1, 0.15) is 83.4 Å². The third-order valence-electron chi connectivity index (χ3n) is 8.43. The number of nitrogens with two attached hydrogens (primary N) is 1. The van der Waals surface area contributed by atoms with Crippen molar-refractivity contribution in [1.29, 1.82) is 0 Å². The summed E-state index contributed by atoms with van der Waals surface area (Å²) < 4.78 is 63.5. The van der Waals surface area contributed by atoms with Gasteiger partial charge in [-0.2, -0.15) is 0 Å². The average molecular weight is 997 g/mol. The third-order valence-corrected chi connectivity index (χ3v) is 14.8. The number of benzene rings is 2. The fraction of sp³-hybridized carbons (Fsp3) is 0.263. The third kappa shape index (κ3) is 10.3. The van der Waals surface area contributed by atoms with E-state index in [2.05, 4.69) is 99.1 Å². The average Bonchev–Trinajstić information content (AvgIpc) is 3.93. The number of anilines is 3. The van der Waals surface area contributed by atoms with Crippen LogP contribution in [0.25, 0.3) is 11.3 Å². The highest BCUT2D eigenvalue weighted by Crippen LogP contribution is 2.40. The molecule has 6 rings (SSSR count). The van der Waals surface area contributed by atoms with Crippen LogP contribution in [0.4, 0.5) is 17.3 Å². The van der Waals surface area contributed by atoms with E-state index in [1.807, 2.05) is 24.3 Å². The summed E-state index contributed by atoms with van der Waals surface area (Å²) in [6, 6.07) is 16.2. The normalized spacial score (nSPS) is 12.1. The van der Waals surface area contributed by atoms with E-state index in [1.54, 1.807) is 43.5 Å². The summed E-state index contributed by atoms with van der Waals surface area (Å²) in [7, 11) is -8.24. The number of aryl methyl sites for hydroxylation is 2. The molecule has 0 aliphatic heterocycles. The number of sulfonamides is 2. The lowest BCUT2D eigenvalue weighted by molar-refractivity contribution is 0.102. The summed E-state index contributed by atoms with van der Waals surface area (Å²) in [4.78, 5) is 25.2. The molecule has 2 aromatic carbocycles. The molecule has 2 amide bonds. The van der Waals surface area contributed by atoms with Crippen molar-refractivity contribution in [3.63, 3.8) is 0 Å². The first-order valence-corrected chi connectivity index (χ1v) is 23.6. The van der Waals surface area contributed by atoms with Gasteiger partial charge in [0, 0.05) is 16.8 Å². The number of carbonyl (C=O) groups excluding carboxylic acids is 2. The molecule has 14 nitrogen and oxygen atoms in total. The Hall–Kier alpha value is -4.18. The first-order valence-electron chi connectivity index (χ1n) is 17.2. The monoisotopic (exact) mass is 994 g/mol. The molecule has 0 aliphatic carbocycles. The zero-order chi connectivity index (χ0) is 43.0. The molecule has 4 aromatic heterocycles. The van der Waals surface area contributed by atoms with Gasteiger partial charge < -0.3 is 19.7 Å². The smallest absolute Gasteiger partial charge is 0.267 e. The van der Waals surface area contributed by atoms with Gasteiger partial charge in [-0.1, -0.05) is 76.1 Å². The molecule has 0 atom stereocenters. The van der Waals surface area contributed by atoms with Crippen LogP contribution >= 0.6 is 54.5 Å². The minimum atomic E-state index is -4.20. The van der Waals surface area contributed by atoms with E-state index in [-0.39, 0.29) is 47.6 Å². The summed E-state index contributed by atoms with van der Waals surface area (Å²) in [5.41, 5.74) is 4.61. The van der Waals surface area contributed by atoms with E-state index in [0.717, 1.165) is 33.8 Å². The van der Waals surface area contributed by atoms with Crippen LogP contribution in [0.3, 0.4) is 0 Å². The molecular formula is C38H40Br2N6O8S4. The van der Waals surface area contributed by atoms with Crippen LogP contribution in [0, 0.1) is 13.8 Å². The standard InChI is InChI=1S/2C19H20BrN3O4S2/c1-11-15(20)18(27-22-11)23-29(25,26)14-9-10-28-16(14)17(24)21-13-7-5-12(6-8-13)19(2,3)4;1-10-14(20)15(27-23-10)13-9-28-16(17(13)29(21,25)26)18(24)22-12-7-5-11(6-8-12)19(2,3)4/h5-10,23H,1-4H3,(H,21,24);5-9H,1-4H3,(H,22,24)(H2,21,25,26). The molecule has 4 heterocycles. The Bertz CT molecular complexity index is 2690. The highest BCUT2D eigenvalue weighted by atomic mass is 79.9. The maximum Gasteiger partial charge on any atom is 0.267 e. The number of carbonyl (C=O) groups is 2. The van der Waals surface area contributed by atoms with Gasteiger partial charge in [0.1, 0.15) is 24.0 Å². The maximum absolute atomic E-state index is 12.8. The predicted octanol–water partition coefficient (Wildman–Crippen LogP) is 9.83. The molecule has 0 unspecified atom stereocenters. The van der Waals surface area contributed by atoms with Crippen molar-refractivity contribution in [1.82, 2.24) is 10.3 Å². The van der Waals surface area contributed by atoms with Crippen molar-refractivity contribution in [2.45, 2.75) is 76.0 Å². The highest BCUT2D eigenvalue weighted by molar-refractivity contribution is 9.11. The molecule has 58 heavy (non-hydrogen) atoms. The minimum absolute atomic E-state index is 0.00343. The van der Waals surface area contributed by atoms with Gasteiger partial charge in [0.15, 0.2) is 5.76 Å². The molecule has 308 valence electrons. The fourth-order valence-electron chi connectivity index (χ4n) is 5.23. The molecule has 0 saturated carbocycles. The number of thiophene rings is 2. The summed E-state index contributed by atoms with van der Waals surface area (Å²) in [6.45, 7) is 16.0. The first kappa shape index (κ1) is 44.9. The van der Waals surface area contributed by atoms with Gasteiger partial charge >= 0.3 is 0 Å². The second-order valence-electron chi connectivity index (χ2n) is 15.0. The fourth-order valence-corrected chi connectivity index (χ4v) is 10.5. The van der Waals surface area contributed by atoms with Gasteiger partial charge in [-0.25, -0.2) is 26.7 Å². The van der Waals surface area contributed by atoms with E-state index >= 15 is 0 Å². The second kappa shape index (κ2) is 17.2. The predicted molar refractivity (Wildman–Crippen MR) is 234 cm³/mol. The Balaban J connectivity index is 0.000000221. The van der Waals surface area contributed by atoms with Crippen molar-refractivity contribution in [2.75, 3.05) is 15.4 Å². The van der Waals surface area contributed by atoms with Gasteiger partial charge in [-0.15, -0.1) is 22.7 Å². The summed E-state index contributed by atoms with van der Waals surface area (Å²) in [5, 5.41) is 21.5. The minimum Gasteiger partial charge on any atom is -0.355 e. The van der Waals surface area contributed by atoms with E-state index in [1.165, 1.54) is 11.4 Å². The molecule has 6 aromatic rings. The van der Waals surface area contributed by atoms with Crippen molar-refractivity contribution in [2.24, 2.45) is 5.14 Å². The van der Waals surface area contributed by atoms with Crippen molar-refractivity contribution in [3.05, 3.63) is 107 Å². The van der Waals surface area contributed by atoms with Gasteiger partial charge in [0.05, 0.1) is 21.4 Å². The lowest BCUT2D eigenvalue weighted by Gasteiger charge is -2.19. The molecular weight excluding hydrogens is 957 g/mol. The number of rotatable bonds is 9. The number of hydrogen-bond acceptors (Lipinski definition) is 12. The molecule has 0 spiro atoms. The van der Waals surface area contributed by atoms with Gasteiger partial charge in [-0.3, -0.25) is 9.59 Å². The Morgan fingerprint density at radius 2 is 1.19 bits per heavy atom. The zero-order valence-corrected chi connectivity index (χ0v) is 38.9. The van der Waals surface area contributed by atoms with Crippen LogP contribution in [0.5, 0.6) is 0 Å². The van der Waals surface area contributed by atoms with Crippen LogP contribution in [-0.4, -0.2) is 39.0 Å². The first-order chi connectivity index (χ1) is 26.9. The van der Waals surface area contributed by atoms with E-state index < -0.39 is 31.9 Å². The number of aromatic nitrogens is 2. The quantitative estimate of drug-likeness (QED) is 0.107. The Labute approximate surface area is 361 Å². The van der Waals surface area contributed by atoms with Crippen molar-refractivity contribution in [3.8, 4) is 11.3 Å². The maximum atomic E-state index is 12.8. The summed E-state index contributed by atoms with van der Waals surface area (Å²) in [6.07, 6.45) is 0. The van der Waals surface area contributed by atoms with Gasteiger partial charge in [-0.05, 0) is 103 Å². The summed E-state index contributed by atoms with van der Waals surface area (Å²) in [5.74, 6) is -0.910. The second-order valence-corrected chi connectivity index (χ2v) is 21.5. The highest BCUT2D eigenvalue weighted by Gasteiger charge is 2.31. The van der Waals surface area contributed by atoms with Crippen LogP contribution in [-0.2, 0) is 30.9 Å². The summed E-state index contributed by atoms with van der Waals surface area (Å²) >= 11 is 8.55. The van der Waals surface area contributed by atoms with Crippen LogP contribution in [0.15, 0.2) is 93.1 Å². The van der Waals surface area contributed by atoms with Gasteiger partial charge in [0.25, 0.3) is 27.7 Å². The number of hydrogen-bond donors (Lipinski definition) is 4. The van der Waals surface area contributed by atoms with E-state index in [9.17, 15) is 26.4 Å². The number of nitrogens with zero attached hydrogens (tertiary/aromatic N) is 2. The van der Waals surface area contributed by atoms with Crippen molar-refractivity contribution >= 4 is 104 Å². The lowest BCUT2D eigenvalue weighted by Crippen LogP contribution is -2.19. The number of nitrogens with one attached hydrogen (secondary N) is 3. The molecule has 20 heteroatoms. The molecule has 5 N–H and O–H groups in total. The van der Waals surface area contributed by atoms with Crippen molar-refractivity contribution < 1.29 is 35.5 Å². The van der Waals surface area contributed by atoms with E-state index in [4.69, 9.17) is 14.2 Å². The van der Waals surface area contributed by atoms with E-state index in [0.29, 0.717) is 31.7 Å². The number of primary sulfonamides is 1. The topological polar surface area (TPSA) is 217 Å². The number of amides is 2. The van der Waals surface area contributed by atoms with Crippen LogP contribution < -0.4 is 20.5 Å². The Morgan fingerprint density at radius 1 is 0.707 bits per heavy atom. The zero-order valence-electron chi connectivity index (χ0n) is 32.5. The molecule has 0 fully saturated rings. The Kier molecular flexibility index (Phi) is 13.3.